The molecule has 0 unspecified atom stereocenters. The SMILES string of the molecule is O=C(O)c1cnc(CSc2cccc(Cl)c2)nc1C(F)F. The van der Waals surface area contributed by atoms with Crippen molar-refractivity contribution in [3.05, 3.63) is 52.6 Å². The molecule has 8 heteroatoms. The maximum atomic E-state index is 12.8. The number of thioether (sulfide) groups is 1. The highest BCUT2D eigenvalue weighted by atomic mass is 35.5. The van der Waals surface area contributed by atoms with Crippen LogP contribution in [0.5, 0.6) is 0 Å². The molecule has 1 aromatic carbocycles. The van der Waals surface area contributed by atoms with E-state index < -0.39 is 23.7 Å². The first-order valence-corrected chi connectivity index (χ1v) is 7.09. The van der Waals surface area contributed by atoms with Gasteiger partial charge in [-0.2, -0.15) is 0 Å². The van der Waals surface area contributed by atoms with Crippen molar-refractivity contribution in [2.24, 2.45) is 0 Å². The van der Waals surface area contributed by atoms with Crippen LogP contribution in [0.3, 0.4) is 0 Å². The Morgan fingerprint density at radius 1 is 1.43 bits per heavy atom. The molecule has 0 fully saturated rings. The van der Waals surface area contributed by atoms with E-state index in [2.05, 4.69) is 9.97 Å². The van der Waals surface area contributed by atoms with Gasteiger partial charge < -0.3 is 5.11 Å². The summed E-state index contributed by atoms with van der Waals surface area (Å²) in [5.41, 5.74) is -1.35. The zero-order chi connectivity index (χ0) is 15.4. The minimum absolute atomic E-state index is 0.139. The number of hydrogen-bond acceptors (Lipinski definition) is 4. The number of rotatable bonds is 5. The zero-order valence-corrected chi connectivity index (χ0v) is 12.0. The van der Waals surface area contributed by atoms with Gasteiger partial charge in [-0.25, -0.2) is 23.5 Å². The van der Waals surface area contributed by atoms with E-state index in [-0.39, 0.29) is 11.6 Å². The third-order valence-electron chi connectivity index (χ3n) is 2.47. The number of aromatic nitrogens is 2. The van der Waals surface area contributed by atoms with Gasteiger partial charge in [-0.3, -0.25) is 0 Å². The third kappa shape index (κ3) is 4.12. The van der Waals surface area contributed by atoms with Gasteiger partial charge >= 0.3 is 5.97 Å². The van der Waals surface area contributed by atoms with Crippen LogP contribution in [0.25, 0.3) is 0 Å². The Balaban J connectivity index is 2.17. The van der Waals surface area contributed by atoms with Crippen LogP contribution >= 0.6 is 23.4 Å². The molecule has 1 heterocycles. The van der Waals surface area contributed by atoms with Crippen LogP contribution in [-0.4, -0.2) is 21.0 Å². The Morgan fingerprint density at radius 2 is 2.19 bits per heavy atom. The maximum absolute atomic E-state index is 12.8. The number of benzene rings is 1. The minimum atomic E-state index is -2.96. The van der Waals surface area contributed by atoms with Crippen LogP contribution in [0.1, 0.15) is 28.3 Å². The smallest absolute Gasteiger partial charge is 0.339 e. The molecule has 4 nitrogen and oxygen atoms in total. The fourth-order valence-corrected chi connectivity index (χ4v) is 2.61. The molecule has 2 rings (SSSR count). The highest BCUT2D eigenvalue weighted by molar-refractivity contribution is 7.98. The molecule has 0 aliphatic heterocycles. The third-order valence-corrected chi connectivity index (χ3v) is 3.69. The van der Waals surface area contributed by atoms with Crippen molar-refractivity contribution >= 4 is 29.3 Å². The first-order chi connectivity index (χ1) is 9.97. The van der Waals surface area contributed by atoms with Gasteiger partial charge in [0.2, 0.25) is 0 Å². The van der Waals surface area contributed by atoms with E-state index in [0.29, 0.717) is 5.02 Å². The van der Waals surface area contributed by atoms with Gasteiger partial charge in [-0.15, -0.1) is 11.8 Å². The van der Waals surface area contributed by atoms with Crippen LogP contribution in [0.15, 0.2) is 35.4 Å². The largest absolute Gasteiger partial charge is 0.478 e. The van der Waals surface area contributed by atoms with Gasteiger partial charge in [-0.1, -0.05) is 17.7 Å². The van der Waals surface area contributed by atoms with E-state index in [9.17, 15) is 13.6 Å². The number of carbonyl (C=O) groups is 1. The predicted octanol–water partition coefficient (Wildman–Crippen LogP) is 4.06. The molecule has 21 heavy (non-hydrogen) atoms. The second kappa shape index (κ2) is 6.82. The average Bonchev–Trinajstić information content (AvgIpc) is 2.44. The fourth-order valence-electron chi connectivity index (χ4n) is 1.54. The Labute approximate surface area is 128 Å². The molecule has 0 spiro atoms. The van der Waals surface area contributed by atoms with Crippen LogP contribution in [0, 0.1) is 0 Å². The lowest BCUT2D eigenvalue weighted by molar-refractivity contribution is 0.0681. The predicted molar refractivity (Wildman–Crippen MR) is 75.0 cm³/mol. The number of alkyl halides is 2. The van der Waals surface area contributed by atoms with Crippen LogP contribution in [0.2, 0.25) is 5.02 Å². The summed E-state index contributed by atoms with van der Waals surface area (Å²) < 4.78 is 25.6. The Hall–Kier alpha value is -1.73. The fraction of sp³-hybridized carbons (Fsp3) is 0.154. The molecule has 0 aliphatic carbocycles. The minimum Gasteiger partial charge on any atom is -0.478 e. The normalized spacial score (nSPS) is 10.9. The van der Waals surface area contributed by atoms with Gasteiger partial charge in [0, 0.05) is 16.1 Å². The summed E-state index contributed by atoms with van der Waals surface area (Å²) in [6.45, 7) is 0. The van der Waals surface area contributed by atoms with E-state index in [4.69, 9.17) is 16.7 Å². The van der Waals surface area contributed by atoms with Crippen molar-refractivity contribution in [2.45, 2.75) is 17.1 Å². The molecule has 110 valence electrons. The van der Waals surface area contributed by atoms with E-state index in [1.165, 1.54) is 11.8 Å². The van der Waals surface area contributed by atoms with Crippen molar-refractivity contribution in [1.29, 1.82) is 0 Å². The highest BCUT2D eigenvalue weighted by Gasteiger charge is 2.21. The summed E-state index contributed by atoms with van der Waals surface area (Å²) in [6, 6.07) is 7.03. The lowest BCUT2D eigenvalue weighted by Gasteiger charge is -2.06. The van der Waals surface area contributed by atoms with Gasteiger partial charge in [0.1, 0.15) is 17.1 Å². The van der Waals surface area contributed by atoms with E-state index in [1.54, 1.807) is 18.2 Å². The molecule has 1 N–H and O–H groups in total. The number of carboxylic acids is 1. The van der Waals surface area contributed by atoms with Crippen molar-refractivity contribution in [3.63, 3.8) is 0 Å². The summed E-state index contributed by atoms with van der Waals surface area (Å²) in [5, 5.41) is 9.38. The van der Waals surface area contributed by atoms with E-state index >= 15 is 0 Å². The Bertz CT molecular complexity index is 670. The maximum Gasteiger partial charge on any atom is 0.339 e. The molecule has 0 atom stereocenters. The number of nitrogens with zero attached hydrogens (tertiary/aromatic N) is 2. The number of hydrogen-bond donors (Lipinski definition) is 1. The molecule has 1 aromatic heterocycles. The van der Waals surface area contributed by atoms with E-state index in [1.807, 2.05) is 6.07 Å². The lowest BCUT2D eigenvalue weighted by atomic mass is 10.2. The summed E-state index contributed by atoms with van der Waals surface area (Å²) >= 11 is 7.16. The average molecular weight is 331 g/mol. The molecule has 0 saturated carbocycles. The highest BCUT2D eigenvalue weighted by Crippen LogP contribution is 2.26. The molecule has 0 saturated heterocycles. The van der Waals surface area contributed by atoms with Gasteiger partial charge in [0.15, 0.2) is 0 Å². The lowest BCUT2D eigenvalue weighted by Crippen LogP contribution is -2.09. The molecule has 0 aliphatic rings. The first kappa shape index (κ1) is 15.7. The summed E-state index contributed by atoms with van der Waals surface area (Å²) in [6.07, 6.45) is -2.06. The quantitative estimate of drug-likeness (QED) is 0.838. The topological polar surface area (TPSA) is 63.1 Å². The van der Waals surface area contributed by atoms with Crippen molar-refractivity contribution < 1.29 is 18.7 Å². The van der Waals surface area contributed by atoms with Gasteiger partial charge in [-0.05, 0) is 18.2 Å². The monoisotopic (exact) mass is 330 g/mol. The van der Waals surface area contributed by atoms with Crippen molar-refractivity contribution in [2.75, 3.05) is 0 Å². The Morgan fingerprint density at radius 3 is 2.81 bits per heavy atom. The summed E-state index contributed by atoms with van der Waals surface area (Å²) in [5.74, 6) is -1.10. The van der Waals surface area contributed by atoms with Crippen molar-refractivity contribution in [1.82, 2.24) is 9.97 Å². The second-order valence-corrected chi connectivity index (χ2v) is 5.42. The molecule has 0 radical (unpaired) electrons. The van der Waals surface area contributed by atoms with Gasteiger partial charge in [0.05, 0.1) is 5.75 Å². The first-order valence-electron chi connectivity index (χ1n) is 5.73. The van der Waals surface area contributed by atoms with Crippen LogP contribution in [0.4, 0.5) is 8.78 Å². The van der Waals surface area contributed by atoms with E-state index in [0.717, 1.165) is 11.1 Å². The molecule has 2 aromatic rings. The summed E-state index contributed by atoms with van der Waals surface area (Å²) in [4.78, 5) is 19.1. The molecular weight excluding hydrogens is 322 g/mol. The van der Waals surface area contributed by atoms with Crippen LogP contribution < -0.4 is 0 Å². The number of halogens is 3. The van der Waals surface area contributed by atoms with Crippen molar-refractivity contribution in [3.8, 4) is 0 Å². The number of aromatic carboxylic acids is 1. The zero-order valence-electron chi connectivity index (χ0n) is 10.5. The summed E-state index contributed by atoms with van der Waals surface area (Å²) in [7, 11) is 0. The standard InChI is InChI=1S/C13H9ClF2N2O2S/c14-7-2-1-3-8(4-7)21-6-10-17-5-9(13(19)20)11(18-10)12(15)16/h1-5,12H,6H2,(H,19,20). The van der Waals surface area contributed by atoms with Crippen LogP contribution in [-0.2, 0) is 5.75 Å². The second-order valence-electron chi connectivity index (χ2n) is 3.94. The molecule has 0 amide bonds. The van der Waals surface area contributed by atoms with Gasteiger partial charge in [0.25, 0.3) is 6.43 Å². The Kier molecular flexibility index (Phi) is 5.08. The molecule has 0 bridgehead atoms. The molecular formula is C13H9ClF2N2O2S. The number of carboxylic acid groups (broad SMARTS) is 1.